The Morgan fingerprint density at radius 2 is 2.24 bits per heavy atom. The molecule has 0 heterocycles. The molecule has 0 saturated heterocycles. The normalized spacial score (nSPS) is 23.3. The van der Waals surface area contributed by atoms with E-state index >= 15 is 0 Å². The summed E-state index contributed by atoms with van der Waals surface area (Å²) in [6.07, 6.45) is 1.19. The summed E-state index contributed by atoms with van der Waals surface area (Å²) in [7, 11) is 1.29. The zero-order valence-electron chi connectivity index (χ0n) is 12.1. The van der Waals surface area contributed by atoms with Crippen molar-refractivity contribution < 1.29 is 24.3 Å². The molecule has 6 nitrogen and oxygen atoms in total. The largest absolute Gasteiger partial charge is 0.494 e. The number of ether oxygens (including phenoxy) is 2. The molecular weight excluding hydrogens is 274 g/mol. The lowest BCUT2D eigenvalue weighted by Crippen LogP contribution is -2.31. The summed E-state index contributed by atoms with van der Waals surface area (Å²) in [5.74, 6) is -1.05. The maximum absolute atomic E-state index is 12.1. The molecule has 21 heavy (non-hydrogen) atoms. The zero-order chi connectivity index (χ0) is 15.5. The summed E-state index contributed by atoms with van der Waals surface area (Å²) in [5.41, 5.74) is 1.23. The summed E-state index contributed by atoms with van der Waals surface area (Å²) in [4.78, 5) is 23.8. The summed E-state index contributed by atoms with van der Waals surface area (Å²) in [5, 5.41) is 8.77. The standard InChI is InChI=1S/C15H19NO5/c1-3-7-21-11-6-4-5-10(8-11)15(14(18)20-2)9-12(15)13(17)16-19/h4-6,8,12,19H,3,7,9H2,1-2H3,(H,16,17)/t12-,15-/m0/s1. The van der Waals surface area contributed by atoms with Crippen molar-refractivity contribution in [3.05, 3.63) is 29.8 Å². The van der Waals surface area contributed by atoms with Gasteiger partial charge in [0.2, 0.25) is 5.91 Å². The number of methoxy groups -OCH3 is 1. The van der Waals surface area contributed by atoms with Gasteiger partial charge in [-0.3, -0.25) is 14.8 Å². The first-order valence-electron chi connectivity index (χ1n) is 6.85. The Labute approximate surface area is 123 Å². The first kappa shape index (κ1) is 15.3. The maximum Gasteiger partial charge on any atom is 0.317 e. The summed E-state index contributed by atoms with van der Waals surface area (Å²) in [6.45, 7) is 2.58. The number of hydrogen-bond donors (Lipinski definition) is 2. The van der Waals surface area contributed by atoms with E-state index in [1.165, 1.54) is 7.11 Å². The predicted molar refractivity (Wildman–Crippen MR) is 74.0 cm³/mol. The van der Waals surface area contributed by atoms with E-state index in [0.29, 0.717) is 24.3 Å². The molecule has 6 heteroatoms. The molecule has 0 aliphatic heterocycles. The van der Waals surface area contributed by atoms with Crippen LogP contribution in [0.15, 0.2) is 24.3 Å². The molecule has 1 aromatic carbocycles. The van der Waals surface area contributed by atoms with Gasteiger partial charge in [0, 0.05) is 0 Å². The van der Waals surface area contributed by atoms with Crippen molar-refractivity contribution in [2.75, 3.05) is 13.7 Å². The average Bonchev–Trinajstić information content (AvgIpc) is 3.28. The Morgan fingerprint density at radius 3 is 2.86 bits per heavy atom. The quantitative estimate of drug-likeness (QED) is 0.470. The van der Waals surface area contributed by atoms with Crippen molar-refractivity contribution in [2.45, 2.75) is 25.2 Å². The van der Waals surface area contributed by atoms with Crippen molar-refractivity contribution in [3.63, 3.8) is 0 Å². The molecule has 0 bridgehead atoms. The molecule has 2 rings (SSSR count). The molecule has 1 aliphatic carbocycles. The Morgan fingerprint density at radius 1 is 1.48 bits per heavy atom. The van der Waals surface area contributed by atoms with Gasteiger partial charge in [0.1, 0.15) is 11.2 Å². The number of esters is 1. The van der Waals surface area contributed by atoms with E-state index in [4.69, 9.17) is 14.7 Å². The fourth-order valence-electron chi connectivity index (χ4n) is 2.59. The molecule has 1 saturated carbocycles. The third kappa shape index (κ3) is 2.71. The summed E-state index contributed by atoms with van der Waals surface area (Å²) >= 11 is 0. The topological polar surface area (TPSA) is 84.9 Å². The van der Waals surface area contributed by atoms with Crippen LogP contribution in [0, 0.1) is 5.92 Å². The van der Waals surface area contributed by atoms with Crippen LogP contribution in [-0.4, -0.2) is 30.8 Å². The molecule has 0 radical (unpaired) electrons. The molecular formula is C15H19NO5. The molecule has 0 aromatic heterocycles. The van der Waals surface area contributed by atoms with Crippen molar-refractivity contribution >= 4 is 11.9 Å². The lowest BCUT2D eigenvalue weighted by molar-refractivity contribution is -0.146. The van der Waals surface area contributed by atoms with E-state index in [0.717, 1.165) is 6.42 Å². The second-order valence-electron chi connectivity index (χ2n) is 5.07. The van der Waals surface area contributed by atoms with E-state index in [9.17, 15) is 9.59 Å². The summed E-state index contributed by atoms with van der Waals surface area (Å²) in [6, 6.07) is 7.09. The molecule has 0 unspecified atom stereocenters. The number of nitrogens with one attached hydrogen (secondary N) is 1. The molecule has 1 aliphatic rings. The van der Waals surface area contributed by atoms with Crippen molar-refractivity contribution in [3.8, 4) is 5.75 Å². The lowest BCUT2D eigenvalue weighted by atomic mass is 9.92. The number of carbonyl (C=O) groups is 2. The van der Waals surface area contributed by atoms with Gasteiger partial charge in [-0.05, 0) is 30.5 Å². The number of carbonyl (C=O) groups excluding carboxylic acids is 2. The minimum Gasteiger partial charge on any atom is -0.494 e. The van der Waals surface area contributed by atoms with Crippen LogP contribution < -0.4 is 10.2 Å². The minimum absolute atomic E-state index is 0.309. The van der Waals surface area contributed by atoms with Gasteiger partial charge in [-0.2, -0.15) is 0 Å². The number of hydrogen-bond acceptors (Lipinski definition) is 5. The monoisotopic (exact) mass is 293 g/mol. The smallest absolute Gasteiger partial charge is 0.317 e. The first-order chi connectivity index (χ1) is 10.1. The Bertz CT molecular complexity index is 545. The van der Waals surface area contributed by atoms with Gasteiger partial charge in [-0.15, -0.1) is 0 Å². The number of amides is 1. The van der Waals surface area contributed by atoms with Gasteiger partial charge >= 0.3 is 5.97 Å². The number of benzene rings is 1. The predicted octanol–water partition coefficient (Wildman–Crippen LogP) is 1.41. The van der Waals surface area contributed by atoms with Crippen LogP contribution >= 0.6 is 0 Å². The second-order valence-corrected chi connectivity index (χ2v) is 5.07. The Kier molecular flexibility index (Phi) is 4.47. The number of rotatable bonds is 6. The zero-order valence-corrected chi connectivity index (χ0v) is 12.1. The van der Waals surface area contributed by atoms with Gasteiger partial charge < -0.3 is 9.47 Å². The highest BCUT2D eigenvalue weighted by molar-refractivity contribution is 5.97. The van der Waals surface area contributed by atoms with Gasteiger partial charge in [0.15, 0.2) is 0 Å². The Balaban J connectivity index is 2.31. The molecule has 2 N–H and O–H groups in total. The number of hydroxylamine groups is 1. The minimum atomic E-state index is -1.03. The van der Waals surface area contributed by atoms with Gasteiger partial charge in [0.25, 0.3) is 0 Å². The van der Waals surface area contributed by atoms with E-state index < -0.39 is 23.2 Å². The van der Waals surface area contributed by atoms with E-state index in [-0.39, 0.29) is 0 Å². The molecule has 0 spiro atoms. The molecule has 1 amide bonds. The van der Waals surface area contributed by atoms with Crippen LogP contribution in [0.2, 0.25) is 0 Å². The molecule has 1 fully saturated rings. The molecule has 114 valence electrons. The van der Waals surface area contributed by atoms with Crippen LogP contribution in [0.4, 0.5) is 0 Å². The first-order valence-corrected chi connectivity index (χ1v) is 6.85. The molecule has 1 aromatic rings. The van der Waals surface area contributed by atoms with Crippen molar-refractivity contribution in [2.24, 2.45) is 5.92 Å². The summed E-state index contributed by atoms with van der Waals surface area (Å²) < 4.78 is 10.4. The fraction of sp³-hybridized carbons (Fsp3) is 0.467. The van der Waals surface area contributed by atoms with Crippen molar-refractivity contribution in [1.82, 2.24) is 5.48 Å². The second kappa shape index (κ2) is 6.13. The maximum atomic E-state index is 12.1. The lowest BCUT2D eigenvalue weighted by Gasteiger charge is -2.16. The van der Waals surface area contributed by atoms with E-state index in [1.54, 1.807) is 29.7 Å². The third-order valence-electron chi connectivity index (χ3n) is 3.76. The van der Waals surface area contributed by atoms with Crippen LogP contribution in [0.3, 0.4) is 0 Å². The third-order valence-corrected chi connectivity index (χ3v) is 3.76. The van der Waals surface area contributed by atoms with Gasteiger partial charge in [-0.25, -0.2) is 5.48 Å². The van der Waals surface area contributed by atoms with E-state index in [2.05, 4.69) is 0 Å². The van der Waals surface area contributed by atoms with Crippen LogP contribution in [0.1, 0.15) is 25.3 Å². The van der Waals surface area contributed by atoms with Gasteiger partial charge in [0.05, 0.1) is 19.6 Å². The highest BCUT2D eigenvalue weighted by Crippen LogP contribution is 2.55. The van der Waals surface area contributed by atoms with E-state index in [1.807, 2.05) is 6.92 Å². The van der Waals surface area contributed by atoms with Crippen LogP contribution in [0.5, 0.6) is 5.75 Å². The fourth-order valence-corrected chi connectivity index (χ4v) is 2.59. The van der Waals surface area contributed by atoms with Crippen LogP contribution in [0.25, 0.3) is 0 Å². The van der Waals surface area contributed by atoms with Crippen LogP contribution in [-0.2, 0) is 19.7 Å². The Hall–Kier alpha value is -2.08. The highest BCUT2D eigenvalue weighted by atomic mass is 16.5. The van der Waals surface area contributed by atoms with Crippen molar-refractivity contribution in [1.29, 1.82) is 0 Å². The highest BCUT2D eigenvalue weighted by Gasteiger charge is 2.65. The average molecular weight is 293 g/mol. The van der Waals surface area contributed by atoms with Gasteiger partial charge in [-0.1, -0.05) is 19.1 Å². The molecule has 2 atom stereocenters. The SMILES string of the molecule is CCCOc1cccc([C@@]2(C(=O)OC)C[C@H]2C(=O)NO)c1.